The van der Waals surface area contributed by atoms with Crippen LogP contribution in [0.3, 0.4) is 0 Å². The van der Waals surface area contributed by atoms with E-state index in [9.17, 15) is 17.2 Å². The van der Waals surface area contributed by atoms with Gasteiger partial charge < -0.3 is 9.15 Å². The number of aryl methyl sites for hydroxylation is 1. The zero-order chi connectivity index (χ0) is 21.2. The van der Waals surface area contributed by atoms with E-state index in [2.05, 4.69) is 4.98 Å². The van der Waals surface area contributed by atoms with Crippen molar-refractivity contribution in [3.8, 4) is 17.2 Å². The van der Waals surface area contributed by atoms with Gasteiger partial charge in [-0.1, -0.05) is 0 Å². The second-order valence-corrected chi connectivity index (χ2v) is 8.33. The molecule has 0 radical (unpaired) electrons. The van der Waals surface area contributed by atoms with Crippen LogP contribution < -0.4 is 4.74 Å². The van der Waals surface area contributed by atoms with E-state index < -0.39 is 26.6 Å². The summed E-state index contributed by atoms with van der Waals surface area (Å²) in [6, 6.07) is 9.41. The van der Waals surface area contributed by atoms with Gasteiger partial charge in [0.05, 0.1) is 18.8 Å². The number of nitrogens with zero attached hydrogens (tertiary/aromatic N) is 2. The number of benzene rings is 2. The summed E-state index contributed by atoms with van der Waals surface area (Å²) in [5.74, 6) is -0.402. The van der Waals surface area contributed by atoms with E-state index in [0.29, 0.717) is 41.3 Å². The lowest BCUT2D eigenvalue weighted by Gasteiger charge is -2.16. The molecule has 1 aromatic heterocycles. The van der Waals surface area contributed by atoms with Gasteiger partial charge >= 0.3 is 0 Å². The summed E-state index contributed by atoms with van der Waals surface area (Å²) in [6.07, 6.45) is 0. The van der Waals surface area contributed by atoms with Gasteiger partial charge in [-0.05, 0) is 56.3 Å². The summed E-state index contributed by atoms with van der Waals surface area (Å²) in [6.45, 7) is 3.93. The molecular formula is C20H20F2N2O4S. The minimum absolute atomic E-state index is 0.162. The van der Waals surface area contributed by atoms with Crippen LogP contribution in [0.25, 0.3) is 11.5 Å². The number of oxazole rings is 1. The van der Waals surface area contributed by atoms with E-state index in [1.54, 1.807) is 31.2 Å². The molecule has 0 aliphatic carbocycles. The van der Waals surface area contributed by atoms with E-state index in [4.69, 9.17) is 9.15 Å². The third-order valence-corrected chi connectivity index (χ3v) is 6.08. The average Bonchev–Trinajstić information content (AvgIpc) is 3.05. The minimum Gasteiger partial charge on any atom is -0.494 e. The van der Waals surface area contributed by atoms with Crippen LogP contribution in [0.5, 0.6) is 5.75 Å². The third kappa shape index (κ3) is 4.46. The molecule has 2 aromatic carbocycles. The summed E-state index contributed by atoms with van der Waals surface area (Å²) in [4.78, 5) is 3.63. The predicted octanol–water partition coefficient (Wildman–Crippen LogP) is 4.15. The van der Waals surface area contributed by atoms with E-state index >= 15 is 0 Å². The fourth-order valence-corrected chi connectivity index (χ4v) is 3.90. The highest BCUT2D eigenvalue weighted by molar-refractivity contribution is 7.89. The molecule has 0 aliphatic heterocycles. The summed E-state index contributed by atoms with van der Waals surface area (Å²) >= 11 is 0. The van der Waals surface area contributed by atoms with Crippen LogP contribution in [0.2, 0.25) is 0 Å². The number of hydrogen-bond donors (Lipinski definition) is 0. The van der Waals surface area contributed by atoms with Gasteiger partial charge in [0.15, 0.2) is 0 Å². The first-order valence-corrected chi connectivity index (χ1v) is 10.3. The maximum absolute atomic E-state index is 13.9. The number of aromatic nitrogens is 1. The molecule has 0 spiro atoms. The van der Waals surface area contributed by atoms with Crippen LogP contribution in [0.4, 0.5) is 8.78 Å². The van der Waals surface area contributed by atoms with Gasteiger partial charge in [0.2, 0.25) is 15.9 Å². The Labute approximate surface area is 167 Å². The Bertz CT molecular complexity index is 1110. The molecular weight excluding hydrogens is 402 g/mol. The van der Waals surface area contributed by atoms with E-state index in [1.807, 2.05) is 6.92 Å². The molecule has 1 heterocycles. The lowest BCUT2D eigenvalue weighted by atomic mass is 10.2. The quantitative estimate of drug-likeness (QED) is 0.572. The van der Waals surface area contributed by atoms with Crippen molar-refractivity contribution < 1.29 is 26.4 Å². The lowest BCUT2D eigenvalue weighted by Crippen LogP contribution is -2.27. The molecule has 0 aliphatic rings. The number of sulfonamides is 1. The molecule has 0 N–H and O–H groups in total. The predicted molar refractivity (Wildman–Crippen MR) is 103 cm³/mol. The van der Waals surface area contributed by atoms with Crippen LogP contribution in [0.15, 0.2) is 51.8 Å². The van der Waals surface area contributed by atoms with E-state index in [0.717, 1.165) is 16.4 Å². The Kier molecular flexibility index (Phi) is 5.99. The monoisotopic (exact) mass is 422 g/mol. The number of ether oxygens (including phenoxy) is 1. The summed E-state index contributed by atoms with van der Waals surface area (Å²) in [7, 11) is -2.99. The van der Waals surface area contributed by atoms with Crippen molar-refractivity contribution in [1.29, 1.82) is 0 Å². The Hall–Kier alpha value is -2.78. The number of hydrogen-bond acceptors (Lipinski definition) is 5. The molecule has 0 bridgehead atoms. The molecule has 154 valence electrons. The molecule has 0 saturated heterocycles. The van der Waals surface area contributed by atoms with Crippen molar-refractivity contribution in [2.24, 2.45) is 0 Å². The molecule has 6 nitrogen and oxygen atoms in total. The van der Waals surface area contributed by atoms with Gasteiger partial charge in [-0.2, -0.15) is 4.31 Å². The fraction of sp³-hybridized carbons (Fsp3) is 0.250. The van der Waals surface area contributed by atoms with Crippen molar-refractivity contribution in [2.45, 2.75) is 25.3 Å². The Balaban J connectivity index is 1.84. The van der Waals surface area contributed by atoms with Crippen LogP contribution in [-0.4, -0.2) is 31.4 Å². The second-order valence-electron chi connectivity index (χ2n) is 6.32. The number of halogens is 2. The average molecular weight is 422 g/mol. The molecule has 0 atom stereocenters. The van der Waals surface area contributed by atoms with Crippen molar-refractivity contribution in [1.82, 2.24) is 9.29 Å². The van der Waals surface area contributed by atoms with Crippen LogP contribution in [-0.2, 0) is 16.6 Å². The highest BCUT2D eigenvalue weighted by Crippen LogP contribution is 2.26. The van der Waals surface area contributed by atoms with Gasteiger partial charge in [-0.15, -0.1) is 0 Å². The van der Waals surface area contributed by atoms with Gasteiger partial charge in [0.25, 0.3) is 0 Å². The SMILES string of the molecule is CCOc1ccc(-c2nc(CN(C)S(=O)(=O)c3cc(F)ccc3F)c(C)o2)cc1. The zero-order valence-electron chi connectivity index (χ0n) is 16.1. The molecule has 0 amide bonds. The standard InChI is InChI=1S/C20H20F2N2O4S/c1-4-27-16-8-5-14(6-9-16)20-23-18(13(2)28-20)12-24(3)29(25,26)19-11-15(21)7-10-17(19)22/h5-11H,4,12H2,1-3H3. The minimum atomic E-state index is -4.25. The first-order chi connectivity index (χ1) is 13.7. The number of rotatable bonds is 7. The topological polar surface area (TPSA) is 72.6 Å². The van der Waals surface area contributed by atoms with Crippen molar-refractivity contribution in [3.63, 3.8) is 0 Å². The fourth-order valence-electron chi connectivity index (χ4n) is 2.70. The summed E-state index contributed by atoms with van der Waals surface area (Å²) < 4.78 is 64.6. The second kappa shape index (κ2) is 8.30. The maximum atomic E-state index is 13.9. The molecule has 3 aromatic rings. The molecule has 3 rings (SSSR count). The Morgan fingerprint density at radius 2 is 1.83 bits per heavy atom. The Morgan fingerprint density at radius 3 is 2.48 bits per heavy atom. The molecule has 0 fully saturated rings. The maximum Gasteiger partial charge on any atom is 0.246 e. The molecule has 0 unspecified atom stereocenters. The summed E-state index contributed by atoms with van der Waals surface area (Å²) in [5, 5.41) is 0. The van der Waals surface area contributed by atoms with Crippen LogP contribution in [0, 0.1) is 18.6 Å². The third-order valence-electron chi connectivity index (χ3n) is 4.26. The van der Waals surface area contributed by atoms with Crippen molar-refractivity contribution in [3.05, 3.63) is 65.6 Å². The summed E-state index contributed by atoms with van der Waals surface area (Å²) in [5.41, 5.74) is 1.07. The first-order valence-electron chi connectivity index (χ1n) is 8.83. The van der Waals surface area contributed by atoms with Gasteiger partial charge in [-0.3, -0.25) is 0 Å². The van der Waals surface area contributed by atoms with Crippen molar-refractivity contribution in [2.75, 3.05) is 13.7 Å². The van der Waals surface area contributed by atoms with Gasteiger partial charge in [0.1, 0.15) is 28.0 Å². The highest BCUT2D eigenvalue weighted by Gasteiger charge is 2.27. The largest absolute Gasteiger partial charge is 0.494 e. The molecule has 29 heavy (non-hydrogen) atoms. The highest BCUT2D eigenvalue weighted by atomic mass is 32.2. The van der Waals surface area contributed by atoms with Gasteiger partial charge in [0, 0.05) is 12.6 Å². The van der Waals surface area contributed by atoms with Crippen molar-refractivity contribution >= 4 is 10.0 Å². The molecule has 0 saturated carbocycles. The lowest BCUT2D eigenvalue weighted by molar-refractivity contribution is 0.340. The molecule has 9 heteroatoms. The normalized spacial score (nSPS) is 11.8. The van der Waals surface area contributed by atoms with E-state index in [-0.39, 0.29) is 6.54 Å². The first kappa shape index (κ1) is 20.9. The Morgan fingerprint density at radius 1 is 1.14 bits per heavy atom. The zero-order valence-corrected chi connectivity index (χ0v) is 17.0. The van der Waals surface area contributed by atoms with Crippen LogP contribution in [0.1, 0.15) is 18.4 Å². The smallest absolute Gasteiger partial charge is 0.246 e. The van der Waals surface area contributed by atoms with Crippen LogP contribution >= 0.6 is 0 Å². The van der Waals surface area contributed by atoms with Gasteiger partial charge in [-0.25, -0.2) is 22.2 Å². The van der Waals surface area contributed by atoms with E-state index in [1.165, 1.54) is 7.05 Å².